The summed E-state index contributed by atoms with van der Waals surface area (Å²) in [5, 5.41) is 0. The predicted molar refractivity (Wildman–Crippen MR) is 101 cm³/mol. The smallest absolute Gasteiger partial charge is 0.215 e. The Morgan fingerprint density at radius 3 is 1.33 bits per heavy atom. The van der Waals surface area contributed by atoms with Gasteiger partial charge in [-0.15, -0.1) is 0 Å². The van der Waals surface area contributed by atoms with Crippen molar-refractivity contribution in [1.29, 1.82) is 0 Å². The van der Waals surface area contributed by atoms with Crippen LogP contribution in [0.2, 0.25) is 0 Å². The average molecular weight is 368 g/mol. The summed E-state index contributed by atoms with van der Waals surface area (Å²) < 4.78 is 34.2. The van der Waals surface area contributed by atoms with E-state index in [2.05, 4.69) is 41.5 Å². The number of nitrogens with zero attached hydrogens (tertiary/aromatic N) is 1. The lowest BCUT2D eigenvalue weighted by Crippen LogP contribution is -2.62. The minimum atomic E-state index is -4.92. The SMILES string of the molecule is CCCC[N+](CCCC)(CCCC)C(C)(C)CCC.O=S(=O)([O-])O. The van der Waals surface area contributed by atoms with Gasteiger partial charge in [-0.05, 0) is 33.1 Å². The highest BCUT2D eigenvalue weighted by Gasteiger charge is 2.41. The molecule has 0 saturated heterocycles. The molecule has 24 heavy (non-hydrogen) atoms. The molecule has 0 atom stereocenters. The van der Waals surface area contributed by atoms with Crippen LogP contribution in [-0.4, -0.2) is 47.2 Å². The molecule has 1 N–H and O–H groups in total. The zero-order chi connectivity index (χ0) is 19.3. The van der Waals surface area contributed by atoms with E-state index >= 15 is 0 Å². The fourth-order valence-electron chi connectivity index (χ4n) is 3.47. The van der Waals surface area contributed by atoms with Gasteiger partial charge in [0.25, 0.3) is 0 Å². The fraction of sp³-hybridized carbons (Fsp3) is 1.00. The molecule has 0 unspecified atom stereocenters. The third kappa shape index (κ3) is 12.2. The molecule has 0 aromatic carbocycles. The summed E-state index contributed by atoms with van der Waals surface area (Å²) in [4.78, 5) is 0. The van der Waals surface area contributed by atoms with Crippen LogP contribution in [0.1, 0.15) is 92.9 Å². The first-order valence-corrected chi connectivity index (χ1v) is 10.9. The van der Waals surface area contributed by atoms with Crippen LogP contribution in [0, 0.1) is 0 Å². The minimum absolute atomic E-state index is 0.453. The summed E-state index contributed by atoms with van der Waals surface area (Å²) in [6, 6.07) is 0. The first-order valence-electron chi connectivity index (χ1n) is 9.54. The van der Waals surface area contributed by atoms with E-state index in [1.807, 2.05) is 0 Å². The monoisotopic (exact) mass is 367 g/mol. The zero-order valence-electron chi connectivity index (χ0n) is 16.8. The molecule has 0 aliphatic rings. The Morgan fingerprint density at radius 1 is 0.833 bits per heavy atom. The van der Waals surface area contributed by atoms with Crippen molar-refractivity contribution in [1.82, 2.24) is 0 Å². The van der Waals surface area contributed by atoms with E-state index in [9.17, 15) is 0 Å². The average Bonchev–Trinajstić information content (AvgIpc) is 2.44. The van der Waals surface area contributed by atoms with Gasteiger partial charge < -0.3 is 9.04 Å². The Balaban J connectivity index is 0. The lowest BCUT2D eigenvalue weighted by molar-refractivity contribution is -0.973. The summed E-state index contributed by atoms with van der Waals surface area (Å²) in [5.41, 5.74) is 0.453. The molecular weight excluding hydrogens is 326 g/mol. The molecule has 6 heteroatoms. The number of hydrogen-bond acceptors (Lipinski definition) is 3. The van der Waals surface area contributed by atoms with Crippen molar-refractivity contribution >= 4 is 10.4 Å². The highest BCUT2D eigenvalue weighted by Crippen LogP contribution is 2.32. The van der Waals surface area contributed by atoms with Crippen LogP contribution in [-0.2, 0) is 10.4 Å². The lowest BCUT2D eigenvalue weighted by Gasteiger charge is -2.51. The summed E-state index contributed by atoms with van der Waals surface area (Å²) >= 11 is 0. The van der Waals surface area contributed by atoms with Gasteiger partial charge in [0, 0.05) is 6.42 Å². The number of rotatable bonds is 12. The van der Waals surface area contributed by atoms with Gasteiger partial charge in [0.15, 0.2) is 0 Å². The van der Waals surface area contributed by atoms with Crippen LogP contribution >= 0.6 is 0 Å². The second kappa shape index (κ2) is 13.1. The van der Waals surface area contributed by atoms with Crippen LogP contribution in [0.5, 0.6) is 0 Å². The Labute approximate surface area is 151 Å². The molecule has 0 radical (unpaired) electrons. The van der Waals surface area contributed by atoms with Gasteiger partial charge in [-0.3, -0.25) is 4.55 Å². The zero-order valence-corrected chi connectivity index (χ0v) is 17.6. The van der Waals surface area contributed by atoms with Crippen LogP contribution < -0.4 is 0 Å². The van der Waals surface area contributed by atoms with E-state index in [4.69, 9.17) is 17.5 Å². The molecule has 148 valence electrons. The van der Waals surface area contributed by atoms with Crippen molar-refractivity contribution in [2.75, 3.05) is 19.6 Å². The van der Waals surface area contributed by atoms with Gasteiger partial charge in [0.05, 0.1) is 25.2 Å². The quantitative estimate of drug-likeness (QED) is 0.306. The summed E-state index contributed by atoms with van der Waals surface area (Å²) in [7, 11) is -4.92. The molecule has 0 amide bonds. The van der Waals surface area contributed by atoms with E-state index in [0.29, 0.717) is 5.54 Å². The van der Waals surface area contributed by atoms with E-state index in [1.165, 1.54) is 75.5 Å². The number of quaternary nitrogens is 1. The normalized spacial score (nSPS) is 12.7. The maximum atomic E-state index is 8.63. The van der Waals surface area contributed by atoms with Crippen LogP contribution in [0.4, 0.5) is 0 Å². The maximum Gasteiger partial charge on any atom is 0.215 e. The molecule has 0 aromatic rings. The minimum Gasteiger partial charge on any atom is -0.726 e. The maximum absolute atomic E-state index is 8.63. The molecule has 0 aliphatic carbocycles. The number of hydrogen-bond donors (Lipinski definition) is 1. The number of unbranched alkanes of at least 4 members (excludes halogenated alkanes) is 3. The Morgan fingerprint density at radius 2 is 1.12 bits per heavy atom. The largest absolute Gasteiger partial charge is 0.726 e. The van der Waals surface area contributed by atoms with Crippen molar-refractivity contribution in [2.45, 2.75) is 98.4 Å². The lowest BCUT2D eigenvalue weighted by atomic mass is 9.90. The van der Waals surface area contributed by atoms with Crippen LogP contribution in [0.3, 0.4) is 0 Å². The molecular formula is C18H41NO4S. The molecule has 0 spiro atoms. The Hall–Kier alpha value is -0.170. The molecule has 0 saturated carbocycles. The van der Waals surface area contributed by atoms with Gasteiger partial charge >= 0.3 is 0 Å². The van der Waals surface area contributed by atoms with Gasteiger partial charge in [0.1, 0.15) is 0 Å². The molecule has 0 bridgehead atoms. The van der Waals surface area contributed by atoms with Gasteiger partial charge in [0.2, 0.25) is 10.4 Å². The third-order valence-corrected chi connectivity index (χ3v) is 4.96. The van der Waals surface area contributed by atoms with Gasteiger partial charge in [-0.1, -0.05) is 53.4 Å². The van der Waals surface area contributed by atoms with Crippen molar-refractivity contribution in [3.05, 3.63) is 0 Å². The van der Waals surface area contributed by atoms with E-state index < -0.39 is 10.4 Å². The van der Waals surface area contributed by atoms with E-state index in [-0.39, 0.29) is 0 Å². The summed E-state index contributed by atoms with van der Waals surface area (Å²) in [5.74, 6) is 0. The first kappa shape index (κ1) is 26.1. The summed E-state index contributed by atoms with van der Waals surface area (Å²) in [6.07, 6.45) is 10.9. The molecule has 0 aliphatic heterocycles. The summed E-state index contributed by atoms with van der Waals surface area (Å²) in [6.45, 7) is 18.6. The molecule has 0 aromatic heterocycles. The first-order chi connectivity index (χ1) is 11.0. The van der Waals surface area contributed by atoms with Crippen molar-refractivity contribution in [3.8, 4) is 0 Å². The van der Waals surface area contributed by atoms with Crippen molar-refractivity contribution in [3.63, 3.8) is 0 Å². The second-order valence-corrected chi connectivity index (χ2v) is 8.22. The van der Waals surface area contributed by atoms with Crippen molar-refractivity contribution < 1.29 is 22.0 Å². The van der Waals surface area contributed by atoms with Gasteiger partial charge in [-0.25, -0.2) is 8.42 Å². The van der Waals surface area contributed by atoms with Crippen LogP contribution in [0.25, 0.3) is 0 Å². The Kier molecular flexibility index (Phi) is 14.2. The van der Waals surface area contributed by atoms with E-state index in [1.54, 1.807) is 0 Å². The van der Waals surface area contributed by atoms with Crippen molar-refractivity contribution in [2.24, 2.45) is 0 Å². The predicted octanol–water partition coefficient (Wildman–Crippen LogP) is 4.79. The second-order valence-electron chi connectivity index (χ2n) is 7.37. The highest BCUT2D eigenvalue weighted by atomic mass is 32.3. The van der Waals surface area contributed by atoms with Gasteiger partial charge in [-0.2, -0.15) is 0 Å². The molecule has 0 heterocycles. The van der Waals surface area contributed by atoms with E-state index in [0.717, 1.165) is 0 Å². The van der Waals surface area contributed by atoms with Crippen LogP contribution in [0.15, 0.2) is 0 Å². The highest BCUT2D eigenvalue weighted by molar-refractivity contribution is 7.79. The molecule has 0 rings (SSSR count). The molecule has 5 nitrogen and oxygen atoms in total. The standard InChI is InChI=1S/C18H40N.H2O4S/c1-7-11-15-19(16-12-8-2,17-13-9-3)18(5,6)14-10-4;1-5(2,3)4/h7-17H2,1-6H3;(H2,1,2,3,4)/q+1;/p-1. The Bertz CT molecular complexity index is 364. The third-order valence-electron chi connectivity index (χ3n) is 4.96. The molecule has 0 fully saturated rings. The fourth-order valence-corrected chi connectivity index (χ4v) is 3.47. The topological polar surface area (TPSA) is 77.4 Å².